The Hall–Kier alpha value is -0.630. The standard InChI is InChI=1S/C27H44O2/c1-17(2)7-6-8-18(3)23-16-24(29)25-21-10-9-19-15-20(28)11-13-26(19,4)22(21)12-14-27(23,25)5/h17-20,22-23,28H,6-16H2,1-5H3/t18?,19?,20?,22?,23?,26-,27+/m0/s1. The minimum atomic E-state index is -0.0969. The Morgan fingerprint density at radius 3 is 2.55 bits per heavy atom. The Balaban J connectivity index is 1.59. The Morgan fingerprint density at radius 2 is 1.83 bits per heavy atom. The third kappa shape index (κ3) is 3.56. The number of carbonyl (C=O) groups is 1. The first-order valence-electron chi connectivity index (χ1n) is 12.6. The lowest BCUT2D eigenvalue weighted by Gasteiger charge is -2.56. The third-order valence-corrected chi connectivity index (χ3v) is 9.96. The number of hydrogen-bond acceptors (Lipinski definition) is 2. The average Bonchev–Trinajstić information content (AvgIpc) is 2.93. The van der Waals surface area contributed by atoms with Crippen LogP contribution in [0.25, 0.3) is 0 Å². The van der Waals surface area contributed by atoms with Gasteiger partial charge in [-0.15, -0.1) is 0 Å². The summed E-state index contributed by atoms with van der Waals surface area (Å²) in [5.74, 6) is 3.70. The zero-order chi connectivity index (χ0) is 21.0. The van der Waals surface area contributed by atoms with Crippen LogP contribution in [-0.2, 0) is 4.79 Å². The first-order valence-corrected chi connectivity index (χ1v) is 12.6. The topological polar surface area (TPSA) is 37.3 Å². The molecule has 0 radical (unpaired) electrons. The highest BCUT2D eigenvalue weighted by Crippen LogP contribution is 2.65. The largest absolute Gasteiger partial charge is 0.393 e. The molecule has 2 nitrogen and oxygen atoms in total. The summed E-state index contributed by atoms with van der Waals surface area (Å²) >= 11 is 0. The molecule has 0 spiro atoms. The molecule has 0 bridgehead atoms. The number of allylic oxidation sites excluding steroid dienone is 2. The Labute approximate surface area is 178 Å². The van der Waals surface area contributed by atoms with Gasteiger partial charge in [0, 0.05) is 12.0 Å². The molecule has 0 amide bonds. The zero-order valence-corrected chi connectivity index (χ0v) is 19.6. The number of ketones is 1. The third-order valence-electron chi connectivity index (χ3n) is 9.96. The summed E-state index contributed by atoms with van der Waals surface area (Å²) in [6.45, 7) is 12.0. The molecule has 7 atom stereocenters. The molecule has 4 aliphatic carbocycles. The molecule has 29 heavy (non-hydrogen) atoms. The van der Waals surface area contributed by atoms with Gasteiger partial charge in [0.1, 0.15) is 0 Å². The van der Waals surface area contributed by atoms with Crippen LogP contribution in [0.5, 0.6) is 0 Å². The monoisotopic (exact) mass is 400 g/mol. The number of Topliss-reactive ketones (excluding diaryl/α,β-unsaturated/α-hetero) is 1. The fourth-order valence-electron chi connectivity index (χ4n) is 8.22. The molecular formula is C27H44O2. The van der Waals surface area contributed by atoms with E-state index in [1.165, 1.54) is 44.1 Å². The van der Waals surface area contributed by atoms with Crippen LogP contribution in [0, 0.1) is 40.4 Å². The maximum Gasteiger partial charge on any atom is 0.159 e. The van der Waals surface area contributed by atoms with Crippen molar-refractivity contribution in [3.8, 4) is 0 Å². The van der Waals surface area contributed by atoms with Crippen molar-refractivity contribution in [3.05, 3.63) is 11.1 Å². The highest BCUT2D eigenvalue weighted by atomic mass is 16.3. The molecule has 0 heterocycles. The molecule has 3 fully saturated rings. The molecule has 0 aromatic carbocycles. The summed E-state index contributed by atoms with van der Waals surface area (Å²) in [4.78, 5) is 13.4. The van der Waals surface area contributed by atoms with E-state index in [0.29, 0.717) is 34.9 Å². The number of fused-ring (bicyclic) bond motifs is 4. The van der Waals surface area contributed by atoms with Crippen molar-refractivity contribution < 1.29 is 9.90 Å². The Morgan fingerprint density at radius 1 is 1.07 bits per heavy atom. The van der Waals surface area contributed by atoms with Gasteiger partial charge in [0.25, 0.3) is 0 Å². The van der Waals surface area contributed by atoms with E-state index in [0.717, 1.165) is 38.0 Å². The van der Waals surface area contributed by atoms with E-state index >= 15 is 0 Å². The highest BCUT2D eigenvalue weighted by molar-refractivity contribution is 6.00. The molecule has 164 valence electrons. The van der Waals surface area contributed by atoms with Crippen LogP contribution in [0.1, 0.15) is 105 Å². The van der Waals surface area contributed by atoms with Gasteiger partial charge in [0.15, 0.2) is 5.78 Å². The predicted octanol–water partition coefficient (Wildman–Crippen LogP) is 6.71. The maximum absolute atomic E-state index is 13.4. The van der Waals surface area contributed by atoms with E-state index in [-0.39, 0.29) is 11.5 Å². The molecule has 4 aliphatic rings. The van der Waals surface area contributed by atoms with Crippen LogP contribution >= 0.6 is 0 Å². The lowest BCUT2D eigenvalue weighted by molar-refractivity contribution is -0.115. The van der Waals surface area contributed by atoms with E-state index in [2.05, 4.69) is 34.6 Å². The summed E-state index contributed by atoms with van der Waals surface area (Å²) < 4.78 is 0. The smallest absolute Gasteiger partial charge is 0.159 e. The first-order chi connectivity index (χ1) is 13.7. The Kier molecular flexibility index (Phi) is 5.82. The summed E-state index contributed by atoms with van der Waals surface area (Å²) in [5, 5.41) is 10.2. The minimum Gasteiger partial charge on any atom is -0.393 e. The van der Waals surface area contributed by atoms with Crippen LogP contribution in [-0.4, -0.2) is 17.0 Å². The Bertz CT molecular complexity index is 676. The SMILES string of the molecule is CC(C)CCCC(C)C1CC(=O)C2=C3CCC4CC(O)CC[C@]4(C)C3CC[C@@]21C. The van der Waals surface area contributed by atoms with E-state index in [1.807, 2.05) is 0 Å². The lowest BCUT2D eigenvalue weighted by atomic mass is 9.48. The fraction of sp³-hybridized carbons (Fsp3) is 0.889. The number of rotatable bonds is 5. The fourth-order valence-corrected chi connectivity index (χ4v) is 8.22. The van der Waals surface area contributed by atoms with Crippen LogP contribution in [0.4, 0.5) is 0 Å². The van der Waals surface area contributed by atoms with Crippen molar-refractivity contribution in [3.63, 3.8) is 0 Å². The minimum absolute atomic E-state index is 0.0969. The summed E-state index contributed by atoms with van der Waals surface area (Å²) in [6, 6.07) is 0. The number of hydrogen-bond donors (Lipinski definition) is 1. The van der Waals surface area contributed by atoms with Gasteiger partial charge in [-0.3, -0.25) is 4.79 Å². The second-order valence-corrected chi connectivity index (χ2v) is 12.1. The molecule has 1 N–H and O–H groups in total. The summed E-state index contributed by atoms with van der Waals surface area (Å²) in [5.41, 5.74) is 3.29. The average molecular weight is 401 g/mol. The number of aliphatic hydroxyl groups excluding tert-OH is 1. The van der Waals surface area contributed by atoms with Gasteiger partial charge in [-0.05, 0) is 85.4 Å². The molecule has 0 aliphatic heterocycles. The van der Waals surface area contributed by atoms with E-state index in [1.54, 1.807) is 5.57 Å². The molecule has 3 saturated carbocycles. The van der Waals surface area contributed by atoms with Gasteiger partial charge in [0.2, 0.25) is 0 Å². The molecule has 5 unspecified atom stereocenters. The summed E-state index contributed by atoms with van der Waals surface area (Å²) in [6.07, 6.45) is 12.4. The molecule has 2 heteroatoms. The van der Waals surface area contributed by atoms with Crippen molar-refractivity contribution in [2.45, 2.75) is 111 Å². The molecule has 0 saturated heterocycles. The van der Waals surface area contributed by atoms with Crippen LogP contribution in [0.15, 0.2) is 11.1 Å². The van der Waals surface area contributed by atoms with Crippen molar-refractivity contribution in [2.24, 2.45) is 40.4 Å². The van der Waals surface area contributed by atoms with Crippen molar-refractivity contribution in [1.82, 2.24) is 0 Å². The highest BCUT2D eigenvalue weighted by Gasteiger charge is 2.57. The van der Waals surface area contributed by atoms with E-state index < -0.39 is 0 Å². The maximum atomic E-state index is 13.4. The molecular weight excluding hydrogens is 356 g/mol. The van der Waals surface area contributed by atoms with Crippen LogP contribution < -0.4 is 0 Å². The van der Waals surface area contributed by atoms with E-state index in [4.69, 9.17) is 0 Å². The van der Waals surface area contributed by atoms with Crippen molar-refractivity contribution in [2.75, 3.05) is 0 Å². The van der Waals surface area contributed by atoms with Gasteiger partial charge >= 0.3 is 0 Å². The van der Waals surface area contributed by atoms with Crippen LogP contribution in [0.2, 0.25) is 0 Å². The van der Waals surface area contributed by atoms with Gasteiger partial charge in [-0.2, -0.15) is 0 Å². The molecule has 4 rings (SSSR count). The first kappa shape index (κ1) is 21.6. The summed E-state index contributed by atoms with van der Waals surface area (Å²) in [7, 11) is 0. The number of carbonyl (C=O) groups excluding carboxylic acids is 1. The van der Waals surface area contributed by atoms with Gasteiger partial charge < -0.3 is 5.11 Å². The lowest BCUT2D eigenvalue weighted by Crippen LogP contribution is -2.48. The number of aliphatic hydroxyl groups is 1. The second kappa shape index (κ2) is 7.81. The zero-order valence-electron chi connectivity index (χ0n) is 19.6. The normalized spacial score (nSPS) is 43.2. The van der Waals surface area contributed by atoms with Crippen molar-refractivity contribution in [1.29, 1.82) is 0 Å². The quantitative estimate of drug-likeness (QED) is 0.556. The van der Waals surface area contributed by atoms with Gasteiger partial charge in [-0.25, -0.2) is 0 Å². The van der Waals surface area contributed by atoms with E-state index in [9.17, 15) is 9.90 Å². The molecule has 0 aromatic rings. The van der Waals surface area contributed by atoms with Crippen molar-refractivity contribution >= 4 is 5.78 Å². The predicted molar refractivity (Wildman–Crippen MR) is 120 cm³/mol. The van der Waals surface area contributed by atoms with Gasteiger partial charge in [0.05, 0.1) is 6.10 Å². The van der Waals surface area contributed by atoms with Crippen LogP contribution in [0.3, 0.4) is 0 Å². The molecule has 0 aromatic heterocycles. The second-order valence-electron chi connectivity index (χ2n) is 12.1. The van der Waals surface area contributed by atoms with Gasteiger partial charge in [-0.1, -0.05) is 59.5 Å².